The van der Waals surface area contributed by atoms with E-state index < -0.39 is 0 Å². The van der Waals surface area contributed by atoms with Crippen LogP contribution in [-0.2, 0) is 0 Å². The number of nitrogens with two attached hydrogens (primary N) is 1. The highest BCUT2D eigenvalue weighted by molar-refractivity contribution is 5.35. The summed E-state index contributed by atoms with van der Waals surface area (Å²) < 4.78 is 0. The lowest BCUT2D eigenvalue weighted by molar-refractivity contribution is 0.214. The van der Waals surface area contributed by atoms with E-state index in [9.17, 15) is 0 Å². The minimum Gasteiger partial charge on any atom is -0.329 e. The van der Waals surface area contributed by atoms with Crippen molar-refractivity contribution in [2.45, 2.75) is 45.1 Å². The van der Waals surface area contributed by atoms with Gasteiger partial charge in [0.25, 0.3) is 0 Å². The molecule has 0 aromatic heterocycles. The van der Waals surface area contributed by atoms with Crippen molar-refractivity contribution in [3.05, 3.63) is 35.4 Å². The molecule has 106 valence electrons. The van der Waals surface area contributed by atoms with Gasteiger partial charge >= 0.3 is 0 Å². The van der Waals surface area contributed by atoms with Gasteiger partial charge in [0.05, 0.1) is 0 Å². The zero-order valence-electron chi connectivity index (χ0n) is 12.6. The summed E-state index contributed by atoms with van der Waals surface area (Å²) in [6, 6.07) is 9.26. The first-order valence-corrected chi connectivity index (χ1v) is 7.66. The minimum absolute atomic E-state index is 0.366. The molecule has 0 spiro atoms. The summed E-state index contributed by atoms with van der Waals surface area (Å²) in [6.07, 6.45) is 3.93. The van der Waals surface area contributed by atoms with E-state index in [0.29, 0.717) is 12.6 Å². The highest BCUT2D eigenvalue weighted by atomic mass is 15.1. The molecule has 2 atom stereocenters. The Labute approximate surface area is 118 Å². The van der Waals surface area contributed by atoms with E-state index in [0.717, 1.165) is 18.4 Å². The van der Waals surface area contributed by atoms with Gasteiger partial charge in [0.15, 0.2) is 0 Å². The molecule has 1 aliphatic rings. The van der Waals surface area contributed by atoms with Crippen molar-refractivity contribution in [1.29, 1.82) is 0 Å². The lowest BCUT2D eigenvalue weighted by Gasteiger charge is -2.31. The highest BCUT2D eigenvalue weighted by Crippen LogP contribution is 2.43. The molecule has 0 saturated heterocycles. The van der Waals surface area contributed by atoms with Crippen molar-refractivity contribution in [1.82, 2.24) is 4.90 Å². The standard InChI is InChI=1S/C17H28N2/c1-4-13(2)12-19(3)17(11-18)16-8-6-5-7-15(16)14-9-10-14/h5-8,13-14,17H,4,9-12,18H2,1-3H3. The predicted molar refractivity (Wildman–Crippen MR) is 82.3 cm³/mol. The molecule has 1 saturated carbocycles. The molecule has 1 aromatic carbocycles. The lowest BCUT2D eigenvalue weighted by atomic mass is 9.95. The van der Waals surface area contributed by atoms with Crippen LogP contribution in [0.4, 0.5) is 0 Å². The van der Waals surface area contributed by atoms with Crippen LogP contribution in [0.5, 0.6) is 0 Å². The molecule has 2 nitrogen and oxygen atoms in total. The first-order valence-electron chi connectivity index (χ1n) is 7.66. The molecule has 2 N–H and O–H groups in total. The van der Waals surface area contributed by atoms with Gasteiger partial charge in [-0.3, -0.25) is 4.90 Å². The summed E-state index contributed by atoms with van der Waals surface area (Å²) in [5.41, 5.74) is 9.06. The van der Waals surface area contributed by atoms with E-state index in [2.05, 4.69) is 50.1 Å². The van der Waals surface area contributed by atoms with Crippen LogP contribution in [0.25, 0.3) is 0 Å². The number of benzene rings is 1. The van der Waals surface area contributed by atoms with Crippen molar-refractivity contribution in [3.8, 4) is 0 Å². The van der Waals surface area contributed by atoms with Crippen LogP contribution in [0.3, 0.4) is 0 Å². The van der Waals surface area contributed by atoms with E-state index in [-0.39, 0.29) is 0 Å². The molecule has 0 aliphatic heterocycles. The summed E-state index contributed by atoms with van der Waals surface area (Å²) in [7, 11) is 2.22. The molecule has 1 aromatic rings. The lowest BCUT2D eigenvalue weighted by Crippen LogP contribution is -2.34. The summed E-state index contributed by atoms with van der Waals surface area (Å²) in [4.78, 5) is 2.44. The highest BCUT2D eigenvalue weighted by Gasteiger charge is 2.29. The molecule has 2 unspecified atom stereocenters. The van der Waals surface area contributed by atoms with E-state index in [1.165, 1.54) is 30.4 Å². The average Bonchev–Trinajstić information content (AvgIpc) is 3.24. The Morgan fingerprint density at radius 3 is 2.58 bits per heavy atom. The number of rotatable bonds is 7. The molecular formula is C17H28N2. The average molecular weight is 260 g/mol. The van der Waals surface area contributed by atoms with Crippen LogP contribution >= 0.6 is 0 Å². The topological polar surface area (TPSA) is 29.3 Å². The van der Waals surface area contributed by atoms with E-state index in [1.807, 2.05) is 0 Å². The van der Waals surface area contributed by atoms with Gasteiger partial charge in [-0.15, -0.1) is 0 Å². The Morgan fingerprint density at radius 1 is 1.32 bits per heavy atom. The fourth-order valence-electron chi connectivity index (χ4n) is 2.87. The minimum atomic E-state index is 0.366. The quantitative estimate of drug-likeness (QED) is 0.812. The van der Waals surface area contributed by atoms with E-state index in [1.54, 1.807) is 0 Å². The van der Waals surface area contributed by atoms with Crippen molar-refractivity contribution >= 4 is 0 Å². The third-order valence-corrected chi connectivity index (χ3v) is 4.42. The monoisotopic (exact) mass is 260 g/mol. The molecule has 0 heterocycles. The Hall–Kier alpha value is -0.860. The number of hydrogen-bond acceptors (Lipinski definition) is 2. The maximum atomic E-state index is 6.07. The van der Waals surface area contributed by atoms with Gasteiger partial charge in [-0.2, -0.15) is 0 Å². The molecule has 19 heavy (non-hydrogen) atoms. The second-order valence-electron chi connectivity index (χ2n) is 6.11. The summed E-state index contributed by atoms with van der Waals surface area (Å²) >= 11 is 0. The van der Waals surface area contributed by atoms with Crippen LogP contribution in [0.1, 0.15) is 56.2 Å². The van der Waals surface area contributed by atoms with Crippen LogP contribution in [-0.4, -0.2) is 25.0 Å². The van der Waals surface area contributed by atoms with Crippen molar-refractivity contribution in [2.75, 3.05) is 20.1 Å². The number of nitrogens with zero attached hydrogens (tertiary/aromatic N) is 1. The zero-order chi connectivity index (χ0) is 13.8. The van der Waals surface area contributed by atoms with Gasteiger partial charge in [-0.05, 0) is 42.9 Å². The van der Waals surface area contributed by atoms with Gasteiger partial charge in [0.1, 0.15) is 0 Å². The normalized spacial score (nSPS) is 18.6. The number of likely N-dealkylation sites (N-methyl/N-ethyl adjacent to an activating group) is 1. The van der Waals surface area contributed by atoms with Crippen LogP contribution in [0, 0.1) is 5.92 Å². The zero-order valence-corrected chi connectivity index (χ0v) is 12.6. The Balaban J connectivity index is 2.16. The molecule has 1 fully saturated rings. The third kappa shape index (κ3) is 3.58. The van der Waals surface area contributed by atoms with E-state index >= 15 is 0 Å². The van der Waals surface area contributed by atoms with Gasteiger partial charge in [-0.25, -0.2) is 0 Å². The largest absolute Gasteiger partial charge is 0.329 e. The first-order chi connectivity index (χ1) is 9.17. The maximum Gasteiger partial charge on any atom is 0.0470 e. The Bertz CT molecular complexity index is 398. The van der Waals surface area contributed by atoms with E-state index in [4.69, 9.17) is 5.73 Å². The van der Waals surface area contributed by atoms with Crippen LogP contribution in [0.2, 0.25) is 0 Å². The fourth-order valence-corrected chi connectivity index (χ4v) is 2.87. The SMILES string of the molecule is CCC(C)CN(C)C(CN)c1ccccc1C1CC1. The van der Waals surface area contributed by atoms with Gasteiger partial charge in [-0.1, -0.05) is 44.5 Å². The Kier molecular flexibility index (Phi) is 5.00. The van der Waals surface area contributed by atoms with Gasteiger partial charge in [0.2, 0.25) is 0 Å². The summed E-state index contributed by atoms with van der Waals surface area (Å²) in [6.45, 7) is 6.40. The number of hydrogen-bond donors (Lipinski definition) is 1. The fraction of sp³-hybridized carbons (Fsp3) is 0.647. The van der Waals surface area contributed by atoms with Gasteiger partial charge < -0.3 is 5.73 Å². The Morgan fingerprint density at radius 2 is 2.00 bits per heavy atom. The second-order valence-corrected chi connectivity index (χ2v) is 6.11. The van der Waals surface area contributed by atoms with Crippen molar-refractivity contribution in [2.24, 2.45) is 11.7 Å². The van der Waals surface area contributed by atoms with Crippen LogP contribution < -0.4 is 5.73 Å². The molecule has 0 bridgehead atoms. The summed E-state index contributed by atoms with van der Waals surface area (Å²) in [5, 5.41) is 0. The first kappa shape index (κ1) is 14.5. The molecular weight excluding hydrogens is 232 g/mol. The summed E-state index contributed by atoms with van der Waals surface area (Å²) in [5.74, 6) is 1.52. The molecule has 1 aliphatic carbocycles. The maximum absolute atomic E-state index is 6.07. The third-order valence-electron chi connectivity index (χ3n) is 4.42. The van der Waals surface area contributed by atoms with Gasteiger partial charge in [0, 0.05) is 19.1 Å². The van der Waals surface area contributed by atoms with Crippen molar-refractivity contribution < 1.29 is 0 Å². The molecule has 2 heteroatoms. The van der Waals surface area contributed by atoms with Crippen LogP contribution in [0.15, 0.2) is 24.3 Å². The second kappa shape index (κ2) is 6.53. The van der Waals surface area contributed by atoms with Crippen molar-refractivity contribution in [3.63, 3.8) is 0 Å². The predicted octanol–water partition coefficient (Wildman–Crippen LogP) is 3.54. The molecule has 0 radical (unpaired) electrons. The molecule has 2 rings (SSSR count). The smallest absolute Gasteiger partial charge is 0.0470 e. The molecule has 0 amide bonds.